The van der Waals surface area contributed by atoms with Crippen molar-refractivity contribution in [2.75, 3.05) is 6.61 Å². The number of hydrogen-bond acceptors (Lipinski definition) is 4. The summed E-state index contributed by atoms with van der Waals surface area (Å²) in [6, 6.07) is 8.08. The normalized spacial score (nSPS) is 17.0. The van der Waals surface area contributed by atoms with E-state index >= 15 is 0 Å². The number of carbonyl (C=O) groups excluding carboxylic acids is 1. The van der Waals surface area contributed by atoms with Crippen LogP contribution in [-0.2, 0) is 16.0 Å². The number of carbonyl (C=O) groups is 1. The number of fused-ring (bicyclic) bond motifs is 1. The summed E-state index contributed by atoms with van der Waals surface area (Å²) in [6.07, 6.45) is 1.75. The Kier molecular flexibility index (Phi) is 3.89. The van der Waals surface area contributed by atoms with Crippen molar-refractivity contribution < 1.29 is 9.53 Å². The van der Waals surface area contributed by atoms with Crippen LogP contribution in [0.4, 0.5) is 0 Å². The second kappa shape index (κ2) is 5.66. The molecule has 1 aliphatic carbocycles. The minimum atomic E-state index is -0.179. The highest BCUT2D eigenvalue weighted by atomic mass is 79.9. The average Bonchev–Trinajstić information content (AvgIpc) is 2.98. The van der Waals surface area contributed by atoms with Gasteiger partial charge >= 0.3 is 5.97 Å². The first-order chi connectivity index (χ1) is 9.69. The minimum Gasteiger partial charge on any atom is -0.465 e. The second-order valence-corrected chi connectivity index (χ2v) is 6.68. The summed E-state index contributed by atoms with van der Waals surface area (Å²) in [5, 5.41) is 0.977. The van der Waals surface area contributed by atoms with Gasteiger partial charge in [-0.15, -0.1) is 11.3 Å². The smallest absolute Gasteiger partial charge is 0.315 e. The molecule has 0 saturated carbocycles. The lowest BCUT2D eigenvalue weighted by Crippen LogP contribution is -2.14. The maximum Gasteiger partial charge on any atom is 0.315 e. The molecule has 3 nitrogen and oxygen atoms in total. The largest absolute Gasteiger partial charge is 0.465 e. The molecule has 0 N–H and O–H groups in total. The minimum absolute atomic E-state index is 0.141. The Labute approximate surface area is 130 Å². The molecule has 3 rings (SSSR count). The zero-order valence-corrected chi connectivity index (χ0v) is 13.5. The zero-order chi connectivity index (χ0) is 14.1. The molecule has 5 heteroatoms. The van der Waals surface area contributed by atoms with Crippen molar-refractivity contribution in [1.82, 2.24) is 4.98 Å². The van der Waals surface area contributed by atoms with Crippen LogP contribution in [0.5, 0.6) is 0 Å². The summed E-state index contributed by atoms with van der Waals surface area (Å²) in [5.41, 5.74) is 2.00. The van der Waals surface area contributed by atoms with Crippen LogP contribution in [0.1, 0.15) is 29.8 Å². The Balaban J connectivity index is 1.92. The van der Waals surface area contributed by atoms with Crippen LogP contribution in [0, 0.1) is 0 Å². The molecule has 0 amide bonds. The molecule has 0 saturated heterocycles. The van der Waals surface area contributed by atoms with E-state index in [-0.39, 0.29) is 11.9 Å². The molecule has 0 radical (unpaired) electrons. The molecule has 104 valence electrons. The number of aromatic nitrogens is 1. The van der Waals surface area contributed by atoms with E-state index in [1.54, 1.807) is 11.3 Å². The van der Waals surface area contributed by atoms with Crippen LogP contribution in [0.3, 0.4) is 0 Å². The predicted molar refractivity (Wildman–Crippen MR) is 82.9 cm³/mol. The van der Waals surface area contributed by atoms with E-state index < -0.39 is 0 Å². The number of halogens is 1. The molecule has 1 aromatic carbocycles. The topological polar surface area (TPSA) is 39.2 Å². The third-order valence-electron chi connectivity index (χ3n) is 3.36. The fourth-order valence-electron chi connectivity index (χ4n) is 2.44. The van der Waals surface area contributed by atoms with E-state index in [9.17, 15) is 4.79 Å². The van der Waals surface area contributed by atoms with Gasteiger partial charge in [-0.2, -0.15) is 0 Å². The van der Waals surface area contributed by atoms with Crippen LogP contribution in [0.15, 0.2) is 28.7 Å². The van der Waals surface area contributed by atoms with Crippen molar-refractivity contribution in [2.24, 2.45) is 0 Å². The maximum absolute atomic E-state index is 11.9. The van der Waals surface area contributed by atoms with Gasteiger partial charge < -0.3 is 4.74 Å². The maximum atomic E-state index is 11.9. The molecule has 0 aliphatic heterocycles. The van der Waals surface area contributed by atoms with E-state index in [0.29, 0.717) is 6.61 Å². The Morgan fingerprint density at radius 2 is 2.40 bits per heavy atom. The summed E-state index contributed by atoms with van der Waals surface area (Å²) in [5.74, 6) is -0.320. The van der Waals surface area contributed by atoms with E-state index in [1.165, 1.54) is 4.88 Å². The van der Waals surface area contributed by atoms with Gasteiger partial charge in [-0.3, -0.25) is 4.79 Å². The van der Waals surface area contributed by atoms with Crippen LogP contribution in [0.2, 0.25) is 0 Å². The van der Waals surface area contributed by atoms with E-state index in [0.717, 1.165) is 33.6 Å². The number of aryl methyl sites for hydroxylation is 1. The molecule has 1 atom stereocenters. The van der Waals surface area contributed by atoms with Crippen molar-refractivity contribution in [3.05, 3.63) is 39.3 Å². The first-order valence-electron chi connectivity index (χ1n) is 6.61. The molecule has 20 heavy (non-hydrogen) atoms. The van der Waals surface area contributed by atoms with Gasteiger partial charge in [0.25, 0.3) is 0 Å². The van der Waals surface area contributed by atoms with Crippen molar-refractivity contribution in [2.45, 2.75) is 25.7 Å². The van der Waals surface area contributed by atoms with Crippen LogP contribution in [-0.4, -0.2) is 17.6 Å². The first kappa shape index (κ1) is 13.8. The highest BCUT2D eigenvalue weighted by Gasteiger charge is 2.33. The predicted octanol–water partition coefficient (Wildman–Crippen LogP) is 4.17. The number of rotatable bonds is 3. The number of esters is 1. The number of thiazole rings is 1. The van der Waals surface area contributed by atoms with Gasteiger partial charge in [-0.05, 0) is 31.9 Å². The fraction of sp³-hybridized carbons (Fsp3) is 0.333. The van der Waals surface area contributed by atoms with Gasteiger partial charge in [0.1, 0.15) is 10.9 Å². The van der Waals surface area contributed by atoms with Gasteiger partial charge in [0.15, 0.2) is 0 Å². The monoisotopic (exact) mass is 351 g/mol. The Morgan fingerprint density at radius 1 is 1.55 bits per heavy atom. The van der Waals surface area contributed by atoms with Crippen molar-refractivity contribution >= 4 is 33.2 Å². The van der Waals surface area contributed by atoms with Crippen LogP contribution >= 0.6 is 27.3 Å². The fourth-order valence-corrected chi connectivity index (χ4v) is 3.98. The number of ether oxygens (including phenoxy) is 1. The van der Waals surface area contributed by atoms with Gasteiger partial charge in [0.2, 0.25) is 0 Å². The third kappa shape index (κ3) is 2.52. The lowest BCUT2D eigenvalue weighted by Gasteiger charge is -2.07. The zero-order valence-electron chi connectivity index (χ0n) is 11.1. The quantitative estimate of drug-likeness (QED) is 0.779. The van der Waals surface area contributed by atoms with Gasteiger partial charge in [-0.1, -0.05) is 28.1 Å². The SMILES string of the molecule is CCOC(=O)C1CCc2sc(-c3cccc(Br)c3)nc21. The summed E-state index contributed by atoms with van der Waals surface area (Å²) in [6.45, 7) is 2.26. The average molecular weight is 352 g/mol. The summed E-state index contributed by atoms with van der Waals surface area (Å²) in [4.78, 5) is 17.8. The Hall–Kier alpha value is -1.20. The van der Waals surface area contributed by atoms with E-state index in [2.05, 4.69) is 20.9 Å². The molecule has 0 spiro atoms. The molecule has 0 bridgehead atoms. The standard InChI is InChI=1S/C15H14BrNO2S/c1-2-19-15(18)11-6-7-12-13(11)17-14(20-12)9-4-3-5-10(16)8-9/h3-5,8,11H,2,6-7H2,1H3. The Morgan fingerprint density at radius 3 is 3.15 bits per heavy atom. The molecule has 1 aromatic heterocycles. The highest BCUT2D eigenvalue weighted by Crippen LogP contribution is 2.40. The van der Waals surface area contributed by atoms with Crippen LogP contribution < -0.4 is 0 Å². The summed E-state index contributed by atoms with van der Waals surface area (Å²) in [7, 11) is 0. The van der Waals surface area contributed by atoms with Crippen molar-refractivity contribution in [3.8, 4) is 10.6 Å². The molecule has 1 aliphatic rings. The first-order valence-corrected chi connectivity index (χ1v) is 8.22. The molecule has 1 heterocycles. The molecular weight excluding hydrogens is 338 g/mol. The van der Waals surface area contributed by atoms with Gasteiger partial charge in [0.05, 0.1) is 12.3 Å². The van der Waals surface area contributed by atoms with Gasteiger partial charge in [-0.25, -0.2) is 4.98 Å². The number of hydrogen-bond donors (Lipinski definition) is 0. The summed E-state index contributed by atoms with van der Waals surface area (Å²) < 4.78 is 6.17. The van der Waals surface area contributed by atoms with Gasteiger partial charge in [0, 0.05) is 14.9 Å². The molecule has 1 unspecified atom stereocenters. The van der Waals surface area contributed by atoms with E-state index in [1.807, 2.05) is 31.2 Å². The number of nitrogens with zero attached hydrogens (tertiary/aromatic N) is 1. The van der Waals surface area contributed by atoms with E-state index in [4.69, 9.17) is 4.74 Å². The van der Waals surface area contributed by atoms with Crippen molar-refractivity contribution in [3.63, 3.8) is 0 Å². The third-order valence-corrected chi connectivity index (χ3v) is 5.03. The molecule has 0 fully saturated rings. The molecular formula is C15H14BrNO2S. The number of benzene rings is 1. The Bertz CT molecular complexity index is 653. The van der Waals surface area contributed by atoms with Crippen LogP contribution in [0.25, 0.3) is 10.6 Å². The lowest BCUT2D eigenvalue weighted by molar-refractivity contribution is -0.145. The summed E-state index contributed by atoms with van der Waals surface area (Å²) >= 11 is 5.16. The lowest BCUT2D eigenvalue weighted by atomic mass is 10.1. The van der Waals surface area contributed by atoms with Crippen molar-refractivity contribution in [1.29, 1.82) is 0 Å². The highest BCUT2D eigenvalue weighted by molar-refractivity contribution is 9.10. The molecule has 2 aromatic rings. The second-order valence-electron chi connectivity index (χ2n) is 4.68.